The van der Waals surface area contributed by atoms with Gasteiger partial charge in [-0.15, -0.1) is 0 Å². The molecule has 1 aromatic heterocycles. The van der Waals surface area contributed by atoms with Gasteiger partial charge in [0, 0.05) is 31.2 Å². The van der Waals surface area contributed by atoms with Crippen LogP contribution in [0.5, 0.6) is 0 Å². The zero-order valence-corrected chi connectivity index (χ0v) is 20.0. The number of nitrogens with one attached hydrogen (secondary N) is 2. The SMILES string of the molecule is CCNCc1cccc(-c2cc(C(N)=O)c3[nH]cc(C4CCN(S(=O)(=O)CC)CC4)c3c2)c1. The van der Waals surface area contributed by atoms with Crippen LogP contribution in [0.25, 0.3) is 22.0 Å². The summed E-state index contributed by atoms with van der Waals surface area (Å²) in [4.78, 5) is 15.6. The number of nitrogens with zero attached hydrogens (tertiary/aromatic N) is 1. The predicted molar refractivity (Wildman–Crippen MR) is 133 cm³/mol. The summed E-state index contributed by atoms with van der Waals surface area (Å²) in [6.45, 7) is 6.47. The van der Waals surface area contributed by atoms with Crippen LogP contribution in [0.15, 0.2) is 42.6 Å². The molecule has 0 atom stereocenters. The fourth-order valence-corrected chi connectivity index (χ4v) is 5.84. The molecule has 7 nitrogen and oxygen atoms in total. The number of carbonyl (C=O) groups is 1. The number of primary amides is 1. The molecule has 2 aromatic carbocycles. The number of H-pyrrole nitrogens is 1. The fourth-order valence-electron chi connectivity index (χ4n) is 4.71. The number of benzene rings is 2. The van der Waals surface area contributed by atoms with E-state index in [4.69, 9.17) is 5.73 Å². The Labute approximate surface area is 195 Å². The van der Waals surface area contributed by atoms with Crippen molar-refractivity contribution in [2.24, 2.45) is 5.73 Å². The Hall–Kier alpha value is -2.68. The monoisotopic (exact) mass is 468 g/mol. The predicted octanol–water partition coefficient (Wildman–Crippen LogP) is 3.57. The Morgan fingerprint density at radius 3 is 2.58 bits per heavy atom. The molecule has 4 rings (SSSR count). The molecule has 4 N–H and O–H groups in total. The normalized spacial score (nSPS) is 15.8. The number of rotatable bonds is 8. The summed E-state index contributed by atoms with van der Waals surface area (Å²) in [5, 5.41) is 4.32. The van der Waals surface area contributed by atoms with Crippen molar-refractivity contribution < 1.29 is 13.2 Å². The maximum Gasteiger partial charge on any atom is 0.250 e. The smallest absolute Gasteiger partial charge is 0.250 e. The minimum Gasteiger partial charge on any atom is -0.366 e. The van der Waals surface area contributed by atoms with Gasteiger partial charge in [-0.3, -0.25) is 4.79 Å². The number of carbonyl (C=O) groups excluding carboxylic acids is 1. The molecule has 1 aliphatic heterocycles. The molecule has 8 heteroatoms. The molecule has 1 fully saturated rings. The molecule has 1 saturated heterocycles. The Bertz CT molecular complexity index is 1260. The molecule has 0 saturated carbocycles. The van der Waals surface area contributed by atoms with Crippen molar-refractivity contribution in [2.75, 3.05) is 25.4 Å². The summed E-state index contributed by atoms with van der Waals surface area (Å²) in [7, 11) is -3.17. The van der Waals surface area contributed by atoms with Crippen LogP contribution < -0.4 is 11.1 Å². The quantitative estimate of drug-likeness (QED) is 0.470. The van der Waals surface area contributed by atoms with Crippen LogP contribution in [0.4, 0.5) is 0 Å². The summed E-state index contributed by atoms with van der Waals surface area (Å²) in [6.07, 6.45) is 3.46. The number of amides is 1. The average molecular weight is 469 g/mol. The number of hydrogen-bond donors (Lipinski definition) is 3. The van der Waals surface area contributed by atoms with Gasteiger partial charge >= 0.3 is 0 Å². The molecule has 3 aromatic rings. The van der Waals surface area contributed by atoms with Crippen LogP contribution in [-0.4, -0.2) is 49.0 Å². The fraction of sp³-hybridized carbons (Fsp3) is 0.400. The third-order valence-corrected chi connectivity index (χ3v) is 8.46. The molecule has 1 amide bonds. The van der Waals surface area contributed by atoms with Crippen molar-refractivity contribution in [3.05, 3.63) is 59.3 Å². The van der Waals surface area contributed by atoms with Gasteiger partial charge in [-0.25, -0.2) is 12.7 Å². The van der Waals surface area contributed by atoms with E-state index in [1.54, 1.807) is 11.2 Å². The largest absolute Gasteiger partial charge is 0.366 e. The minimum atomic E-state index is -3.17. The van der Waals surface area contributed by atoms with Gasteiger partial charge in [-0.2, -0.15) is 0 Å². The summed E-state index contributed by atoms with van der Waals surface area (Å²) >= 11 is 0. The Morgan fingerprint density at radius 1 is 1.15 bits per heavy atom. The number of fused-ring (bicyclic) bond motifs is 1. The lowest BCUT2D eigenvalue weighted by atomic mass is 9.88. The molecule has 0 bridgehead atoms. The molecule has 0 aliphatic carbocycles. The van der Waals surface area contributed by atoms with Crippen LogP contribution in [0.3, 0.4) is 0 Å². The van der Waals surface area contributed by atoms with Crippen LogP contribution in [-0.2, 0) is 16.6 Å². The van der Waals surface area contributed by atoms with Crippen molar-refractivity contribution in [2.45, 2.75) is 39.2 Å². The lowest BCUT2D eigenvalue weighted by molar-refractivity contribution is 0.100. The number of sulfonamides is 1. The zero-order valence-electron chi connectivity index (χ0n) is 19.2. The third-order valence-electron chi connectivity index (χ3n) is 6.58. The lowest BCUT2D eigenvalue weighted by Gasteiger charge is -2.31. The molecule has 2 heterocycles. The highest BCUT2D eigenvalue weighted by Crippen LogP contribution is 2.37. The Morgan fingerprint density at radius 2 is 1.91 bits per heavy atom. The van der Waals surface area contributed by atoms with E-state index in [0.717, 1.165) is 53.5 Å². The van der Waals surface area contributed by atoms with Crippen LogP contribution in [0, 0.1) is 0 Å². The van der Waals surface area contributed by atoms with Gasteiger partial charge < -0.3 is 16.0 Å². The van der Waals surface area contributed by atoms with Crippen LogP contribution in [0.2, 0.25) is 0 Å². The topological polar surface area (TPSA) is 108 Å². The molecule has 176 valence electrons. The van der Waals surface area contributed by atoms with Gasteiger partial charge in [0.25, 0.3) is 5.91 Å². The number of hydrogen-bond acceptors (Lipinski definition) is 4. The van der Waals surface area contributed by atoms with Gasteiger partial charge in [0.05, 0.1) is 16.8 Å². The van der Waals surface area contributed by atoms with Gasteiger partial charge in [-0.05, 0) is 72.7 Å². The first-order chi connectivity index (χ1) is 15.8. The minimum absolute atomic E-state index is 0.128. The number of piperidine rings is 1. The van der Waals surface area contributed by atoms with Gasteiger partial charge in [-0.1, -0.05) is 25.1 Å². The van der Waals surface area contributed by atoms with Crippen molar-refractivity contribution in [3.8, 4) is 11.1 Å². The molecular weight excluding hydrogens is 436 g/mol. The summed E-state index contributed by atoms with van der Waals surface area (Å²) < 4.78 is 26.1. The average Bonchev–Trinajstić information content (AvgIpc) is 3.26. The van der Waals surface area contributed by atoms with Gasteiger partial charge in [0.15, 0.2) is 0 Å². The van der Waals surface area contributed by atoms with E-state index >= 15 is 0 Å². The number of aromatic nitrogens is 1. The van der Waals surface area contributed by atoms with E-state index in [9.17, 15) is 13.2 Å². The number of aromatic amines is 1. The lowest BCUT2D eigenvalue weighted by Crippen LogP contribution is -2.38. The van der Waals surface area contributed by atoms with Crippen molar-refractivity contribution in [3.63, 3.8) is 0 Å². The molecule has 0 radical (unpaired) electrons. The Kier molecular flexibility index (Phi) is 6.88. The summed E-state index contributed by atoms with van der Waals surface area (Å²) in [6, 6.07) is 12.3. The van der Waals surface area contributed by atoms with E-state index in [2.05, 4.69) is 35.4 Å². The standard InChI is InChI=1S/C25H32N4O3S/c1-3-27-15-17-6-5-7-19(12-17)20-13-21-23(16-28-24(21)22(14-20)25(26)30)18-8-10-29(11-9-18)33(31,32)4-2/h5-7,12-14,16,18,27-28H,3-4,8-11,15H2,1-2H3,(H2,26,30). The van der Waals surface area contributed by atoms with Gasteiger partial charge in [0.2, 0.25) is 10.0 Å². The summed E-state index contributed by atoms with van der Waals surface area (Å²) in [5.41, 5.74) is 11.2. The van der Waals surface area contributed by atoms with Gasteiger partial charge in [0.1, 0.15) is 0 Å². The first-order valence-corrected chi connectivity index (χ1v) is 13.2. The second-order valence-corrected chi connectivity index (χ2v) is 10.9. The van der Waals surface area contributed by atoms with Crippen LogP contribution >= 0.6 is 0 Å². The first-order valence-electron chi connectivity index (χ1n) is 11.6. The van der Waals surface area contributed by atoms with E-state index in [1.165, 1.54) is 5.56 Å². The third kappa shape index (κ3) is 4.83. The van der Waals surface area contributed by atoms with Crippen molar-refractivity contribution >= 4 is 26.8 Å². The van der Waals surface area contributed by atoms with E-state index in [0.29, 0.717) is 18.7 Å². The van der Waals surface area contributed by atoms with Crippen LogP contribution in [0.1, 0.15) is 54.1 Å². The molecule has 1 aliphatic rings. The maximum absolute atomic E-state index is 12.3. The molecule has 0 spiro atoms. The number of nitrogens with two attached hydrogens (primary N) is 1. The second kappa shape index (κ2) is 9.67. The Balaban J connectivity index is 1.71. The zero-order chi connectivity index (χ0) is 23.6. The molecule has 0 unspecified atom stereocenters. The highest BCUT2D eigenvalue weighted by atomic mass is 32.2. The van der Waals surface area contributed by atoms with Crippen molar-refractivity contribution in [1.29, 1.82) is 0 Å². The van der Waals surface area contributed by atoms with Crippen molar-refractivity contribution in [1.82, 2.24) is 14.6 Å². The first kappa shape index (κ1) is 23.5. The molecule has 33 heavy (non-hydrogen) atoms. The summed E-state index contributed by atoms with van der Waals surface area (Å²) in [5.74, 6) is -0.121. The van der Waals surface area contributed by atoms with E-state index < -0.39 is 15.9 Å². The molecular formula is C25H32N4O3S. The van der Waals surface area contributed by atoms with E-state index in [1.807, 2.05) is 24.4 Å². The highest BCUT2D eigenvalue weighted by molar-refractivity contribution is 7.89. The second-order valence-electron chi connectivity index (χ2n) is 8.61. The highest BCUT2D eigenvalue weighted by Gasteiger charge is 2.29. The van der Waals surface area contributed by atoms with E-state index in [-0.39, 0.29) is 11.7 Å². The maximum atomic E-state index is 12.3.